The third-order valence-corrected chi connectivity index (χ3v) is 2.80. The molecule has 1 aromatic carbocycles. The highest BCUT2D eigenvalue weighted by Crippen LogP contribution is 2.14. The first-order valence-corrected chi connectivity index (χ1v) is 6.01. The number of halogens is 1. The molecule has 0 saturated heterocycles. The topological polar surface area (TPSA) is 37.3 Å². The average Bonchev–Trinajstić information content (AvgIpc) is 2.39. The molecule has 1 aromatic heterocycles. The van der Waals surface area contributed by atoms with Gasteiger partial charge in [0.25, 0.3) is 0 Å². The Morgan fingerprint density at radius 1 is 1.24 bits per heavy atom. The van der Waals surface area contributed by atoms with Crippen LogP contribution in [0.2, 0.25) is 0 Å². The maximum Gasteiger partial charge on any atom is 0.0663 e. The van der Waals surface area contributed by atoms with Crippen molar-refractivity contribution in [1.29, 1.82) is 0 Å². The van der Waals surface area contributed by atoms with Gasteiger partial charge in [0.2, 0.25) is 0 Å². The number of rotatable bonds is 3. The molecule has 0 aliphatic rings. The van der Waals surface area contributed by atoms with Gasteiger partial charge in [-0.3, -0.25) is 10.4 Å². The number of hydrogen-bond donors (Lipinski definition) is 1. The van der Waals surface area contributed by atoms with E-state index in [9.17, 15) is 0 Å². The molecule has 0 radical (unpaired) electrons. The Bertz CT molecular complexity index is 506. The van der Waals surface area contributed by atoms with E-state index in [1.54, 1.807) is 12.4 Å². The lowest BCUT2D eigenvalue weighted by Crippen LogP contribution is -1.99. The molecule has 0 fully saturated rings. The third kappa shape index (κ3) is 3.39. The summed E-state index contributed by atoms with van der Waals surface area (Å²) in [5, 5.41) is 4.31. The van der Waals surface area contributed by atoms with Crippen molar-refractivity contribution >= 4 is 27.3 Å². The first-order chi connectivity index (χ1) is 8.25. The second-order valence-corrected chi connectivity index (χ2v) is 4.47. The fourth-order valence-electron chi connectivity index (χ4n) is 1.31. The number of aromatic nitrogens is 1. The van der Waals surface area contributed by atoms with Crippen LogP contribution in [0.5, 0.6) is 0 Å². The van der Waals surface area contributed by atoms with Crippen LogP contribution < -0.4 is 5.43 Å². The summed E-state index contributed by atoms with van der Waals surface area (Å²) in [5.41, 5.74) is 5.88. The van der Waals surface area contributed by atoms with Crippen molar-refractivity contribution < 1.29 is 0 Å². The van der Waals surface area contributed by atoms with Crippen LogP contribution in [0.1, 0.15) is 12.5 Å². The predicted octanol–water partition coefficient (Wildman–Crippen LogP) is 3.68. The molecular formula is C13H12BrN3. The molecule has 1 N–H and O–H groups in total. The molecule has 0 amide bonds. The number of nitrogens with one attached hydrogen (secondary N) is 1. The zero-order chi connectivity index (χ0) is 12.1. The van der Waals surface area contributed by atoms with Gasteiger partial charge in [-0.25, -0.2) is 0 Å². The van der Waals surface area contributed by atoms with Crippen LogP contribution in [-0.4, -0.2) is 10.7 Å². The van der Waals surface area contributed by atoms with Gasteiger partial charge < -0.3 is 0 Å². The lowest BCUT2D eigenvalue weighted by Gasteiger charge is -2.03. The van der Waals surface area contributed by atoms with Gasteiger partial charge in [0.15, 0.2) is 0 Å². The van der Waals surface area contributed by atoms with E-state index in [1.165, 1.54) is 0 Å². The van der Waals surface area contributed by atoms with E-state index in [2.05, 4.69) is 31.4 Å². The molecule has 17 heavy (non-hydrogen) atoms. The first kappa shape index (κ1) is 11.8. The minimum atomic E-state index is 0.904. The molecular weight excluding hydrogens is 278 g/mol. The quantitative estimate of drug-likeness (QED) is 0.691. The van der Waals surface area contributed by atoms with Crippen LogP contribution in [-0.2, 0) is 0 Å². The fraction of sp³-hybridized carbons (Fsp3) is 0.0769. The molecule has 0 aliphatic carbocycles. The van der Waals surface area contributed by atoms with Gasteiger partial charge in [-0.1, -0.05) is 22.0 Å². The number of pyridine rings is 1. The number of anilines is 1. The van der Waals surface area contributed by atoms with E-state index < -0.39 is 0 Å². The minimum Gasteiger partial charge on any atom is -0.278 e. The van der Waals surface area contributed by atoms with Gasteiger partial charge in [-0.15, -0.1) is 0 Å². The maximum absolute atomic E-state index is 4.31. The number of hydrogen-bond acceptors (Lipinski definition) is 3. The van der Waals surface area contributed by atoms with E-state index in [1.807, 2.05) is 43.3 Å². The molecule has 0 spiro atoms. The van der Waals surface area contributed by atoms with Crippen molar-refractivity contribution in [2.75, 3.05) is 5.43 Å². The summed E-state index contributed by atoms with van der Waals surface area (Å²) in [6, 6.07) is 11.7. The van der Waals surface area contributed by atoms with Crippen LogP contribution >= 0.6 is 15.9 Å². The summed E-state index contributed by atoms with van der Waals surface area (Å²) < 4.78 is 1.05. The van der Waals surface area contributed by atoms with Gasteiger partial charge in [0.1, 0.15) is 0 Å². The highest BCUT2D eigenvalue weighted by Gasteiger charge is 1.96. The van der Waals surface area contributed by atoms with Gasteiger partial charge in [0.05, 0.1) is 11.4 Å². The molecule has 0 bridgehead atoms. The largest absolute Gasteiger partial charge is 0.278 e. The van der Waals surface area contributed by atoms with Gasteiger partial charge in [0, 0.05) is 22.4 Å². The Labute approximate surface area is 109 Å². The maximum atomic E-state index is 4.31. The summed E-state index contributed by atoms with van der Waals surface area (Å²) >= 11 is 3.39. The molecule has 0 atom stereocenters. The van der Waals surface area contributed by atoms with Crippen molar-refractivity contribution in [2.45, 2.75) is 6.92 Å². The van der Waals surface area contributed by atoms with Crippen molar-refractivity contribution in [2.24, 2.45) is 5.10 Å². The predicted molar refractivity (Wildman–Crippen MR) is 74.2 cm³/mol. The van der Waals surface area contributed by atoms with E-state index in [-0.39, 0.29) is 0 Å². The van der Waals surface area contributed by atoms with Crippen LogP contribution in [0.4, 0.5) is 5.69 Å². The molecule has 0 aliphatic heterocycles. The first-order valence-electron chi connectivity index (χ1n) is 5.22. The molecule has 0 unspecified atom stereocenters. The molecule has 2 aromatic rings. The average molecular weight is 290 g/mol. The Morgan fingerprint density at radius 2 is 2.00 bits per heavy atom. The van der Waals surface area contributed by atoms with E-state index in [4.69, 9.17) is 0 Å². The lowest BCUT2D eigenvalue weighted by atomic mass is 10.2. The Kier molecular flexibility index (Phi) is 3.88. The van der Waals surface area contributed by atoms with Gasteiger partial charge in [-0.2, -0.15) is 5.10 Å². The minimum absolute atomic E-state index is 0.904. The third-order valence-electron chi connectivity index (χ3n) is 2.28. The monoisotopic (exact) mass is 289 g/mol. The van der Waals surface area contributed by atoms with E-state index in [0.29, 0.717) is 0 Å². The zero-order valence-electron chi connectivity index (χ0n) is 9.39. The fourth-order valence-corrected chi connectivity index (χ4v) is 1.58. The van der Waals surface area contributed by atoms with Crippen LogP contribution in [0.15, 0.2) is 58.4 Å². The molecule has 4 heteroatoms. The van der Waals surface area contributed by atoms with E-state index >= 15 is 0 Å². The Hall–Kier alpha value is -1.68. The molecule has 2 rings (SSSR count). The summed E-state index contributed by atoms with van der Waals surface area (Å²) in [7, 11) is 0. The second kappa shape index (κ2) is 5.59. The van der Waals surface area contributed by atoms with E-state index in [0.717, 1.165) is 21.4 Å². The van der Waals surface area contributed by atoms with Crippen molar-refractivity contribution in [3.05, 3.63) is 58.8 Å². The van der Waals surface area contributed by atoms with Crippen LogP contribution in [0.25, 0.3) is 0 Å². The van der Waals surface area contributed by atoms with Crippen LogP contribution in [0.3, 0.4) is 0 Å². The summed E-state index contributed by atoms with van der Waals surface area (Å²) in [6.45, 7) is 1.95. The molecule has 1 heterocycles. The molecule has 86 valence electrons. The molecule has 0 saturated carbocycles. The zero-order valence-corrected chi connectivity index (χ0v) is 11.0. The number of nitrogens with zero attached hydrogens (tertiary/aromatic N) is 2. The van der Waals surface area contributed by atoms with Crippen molar-refractivity contribution in [3.8, 4) is 0 Å². The number of hydrazone groups is 1. The summed E-state index contributed by atoms with van der Waals surface area (Å²) in [6.07, 6.45) is 3.54. The highest BCUT2D eigenvalue weighted by molar-refractivity contribution is 9.10. The summed E-state index contributed by atoms with van der Waals surface area (Å²) in [5.74, 6) is 0. The smallest absolute Gasteiger partial charge is 0.0663 e. The van der Waals surface area contributed by atoms with Gasteiger partial charge >= 0.3 is 0 Å². The molecule has 3 nitrogen and oxygen atoms in total. The normalized spacial score (nSPS) is 11.3. The van der Waals surface area contributed by atoms with Gasteiger partial charge in [-0.05, 0) is 37.3 Å². The van der Waals surface area contributed by atoms with Crippen molar-refractivity contribution in [1.82, 2.24) is 4.98 Å². The lowest BCUT2D eigenvalue weighted by molar-refractivity contribution is 1.28. The van der Waals surface area contributed by atoms with Crippen molar-refractivity contribution in [3.63, 3.8) is 0 Å². The second-order valence-electron chi connectivity index (χ2n) is 3.56. The van der Waals surface area contributed by atoms with Crippen LogP contribution in [0, 0.1) is 0 Å². The Balaban J connectivity index is 2.08. The Morgan fingerprint density at radius 3 is 2.65 bits per heavy atom. The number of benzene rings is 1. The standard InChI is InChI=1S/C13H12BrN3/c1-10(11-3-2-8-15-9-11)16-17-13-6-4-12(14)5-7-13/h2-9,17H,1H3/b16-10-. The SMILES string of the molecule is C/C(=N/Nc1ccc(Br)cc1)c1cccnc1. The summed E-state index contributed by atoms with van der Waals surface area (Å²) in [4.78, 5) is 4.06. The highest BCUT2D eigenvalue weighted by atomic mass is 79.9.